The number of hydrogen-bond acceptors (Lipinski definition) is 4. The molecule has 0 spiro atoms. The van der Waals surface area contributed by atoms with Crippen LogP contribution in [0.25, 0.3) is 6.08 Å². The van der Waals surface area contributed by atoms with Crippen molar-refractivity contribution in [1.82, 2.24) is 0 Å². The monoisotopic (exact) mass is 368 g/mol. The topological polar surface area (TPSA) is 90.6 Å². The molecule has 0 atom stereocenters. The molecule has 0 saturated heterocycles. The van der Waals surface area contributed by atoms with E-state index in [4.69, 9.17) is 15.2 Å². The number of para-hydroxylation sites is 1. The smallest absolute Gasteiger partial charge is 0.250 e. The molecule has 0 fully saturated rings. The van der Waals surface area contributed by atoms with Crippen molar-refractivity contribution in [2.75, 3.05) is 19.0 Å². The molecule has 2 amide bonds. The van der Waals surface area contributed by atoms with Crippen molar-refractivity contribution in [3.05, 3.63) is 59.7 Å². The zero-order chi connectivity index (χ0) is 19.6. The minimum Gasteiger partial charge on any atom is -0.493 e. The highest BCUT2D eigenvalue weighted by atomic mass is 16.5. The summed E-state index contributed by atoms with van der Waals surface area (Å²) in [7, 11) is 1.57. The highest BCUT2D eigenvalue weighted by molar-refractivity contribution is 6.07. The largest absolute Gasteiger partial charge is 0.493 e. The van der Waals surface area contributed by atoms with Crippen LogP contribution >= 0.6 is 0 Å². The van der Waals surface area contributed by atoms with Gasteiger partial charge >= 0.3 is 0 Å². The number of benzene rings is 2. The van der Waals surface area contributed by atoms with Crippen molar-refractivity contribution in [2.24, 2.45) is 5.73 Å². The van der Waals surface area contributed by atoms with Gasteiger partial charge in [0.25, 0.3) is 5.91 Å². The van der Waals surface area contributed by atoms with E-state index in [9.17, 15) is 9.59 Å². The standard InChI is InChI=1S/C21H24N2O4/c1-3-4-13-27-18-11-9-15(14-19(18)26-2)10-12-20(24)23-17-8-6-5-7-16(17)21(22)25/h5-12,14H,3-4,13H2,1-2H3,(H2,22,25)(H,23,24)/b12-10+. The van der Waals surface area contributed by atoms with Gasteiger partial charge in [-0.15, -0.1) is 0 Å². The van der Waals surface area contributed by atoms with Crippen molar-refractivity contribution in [1.29, 1.82) is 0 Å². The van der Waals surface area contributed by atoms with Gasteiger partial charge in [0.2, 0.25) is 5.91 Å². The van der Waals surface area contributed by atoms with Crippen LogP contribution in [0.2, 0.25) is 0 Å². The number of nitrogens with one attached hydrogen (secondary N) is 1. The molecule has 142 valence electrons. The quantitative estimate of drug-likeness (QED) is 0.522. The SMILES string of the molecule is CCCCOc1ccc(/C=C/C(=O)Nc2ccccc2C(N)=O)cc1OC. The molecule has 2 aromatic rings. The van der Waals surface area contributed by atoms with Crippen LogP contribution in [-0.4, -0.2) is 25.5 Å². The number of carbonyl (C=O) groups is 2. The van der Waals surface area contributed by atoms with Crippen LogP contribution in [0.3, 0.4) is 0 Å². The maximum absolute atomic E-state index is 12.2. The number of carbonyl (C=O) groups excluding carboxylic acids is 2. The second kappa shape index (κ2) is 10.0. The summed E-state index contributed by atoms with van der Waals surface area (Å²) in [6, 6.07) is 12.0. The fourth-order valence-corrected chi connectivity index (χ4v) is 2.39. The van der Waals surface area contributed by atoms with Gasteiger partial charge in [0.1, 0.15) is 0 Å². The summed E-state index contributed by atoms with van der Waals surface area (Å²) >= 11 is 0. The molecule has 0 unspecified atom stereocenters. The molecule has 2 rings (SSSR count). The van der Waals surface area contributed by atoms with Crippen molar-refractivity contribution in [3.63, 3.8) is 0 Å². The second-order valence-corrected chi connectivity index (χ2v) is 5.84. The molecule has 3 N–H and O–H groups in total. The average molecular weight is 368 g/mol. The third-order valence-electron chi connectivity index (χ3n) is 3.82. The molecule has 6 nitrogen and oxygen atoms in total. The van der Waals surface area contributed by atoms with Crippen LogP contribution in [0.4, 0.5) is 5.69 Å². The Hall–Kier alpha value is -3.28. The number of nitrogens with two attached hydrogens (primary N) is 1. The van der Waals surface area contributed by atoms with Crippen molar-refractivity contribution < 1.29 is 19.1 Å². The van der Waals surface area contributed by atoms with Gasteiger partial charge in [-0.3, -0.25) is 9.59 Å². The molecule has 0 bridgehead atoms. The van der Waals surface area contributed by atoms with E-state index >= 15 is 0 Å². The third kappa shape index (κ3) is 5.88. The number of ether oxygens (including phenoxy) is 2. The van der Waals surface area contributed by atoms with Gasteiger partial charge in [0.05, 0.1) is 25.0 Å². The zero-order valence-electron chi connectivity index (χ0n) is 15.5. The van der Waals surface area contributed by atoms with Crippen LogP contribution in [0.15, 0.2) is 48.5 Å². The van der Waals surface area contributed by atoms with Crippen LogP contribution < -0.4 is 20.5 Å². The van der Waals surface area contributed by atoms with E-state index in [1.807, 2.05) is 12.1 Å². The number of unbranched alkanes of at least 4 members (excludes halogenated alkanes) is 1. The average Bonchev–Trinajstić information content (AvgIpc) is 2.67. The Balaban J connectivity index is 2.06. The maximum atomic E-state index is 12.2. The molecule has 0 aliphatic heterocycles. The van der Waals surface area contributed by atoms with Crippen LogP contribution in [0.5, 0.6) is 11.5 Å². The first-order valence-corrected chi connectivity index (χ1v) is 8.74. The number of primary amides is 1. The van der Waals surface area contributed by atoms with Gasteiger partial charge < -0.3 is 20.5 Å². The minimum absolute atomic E-state index is 0.259. The fraction of sp³-hybridized carbons (Fsp3) is 0.238. The van der Waals surface area contributed by atoms with E-state index in [-0.39, 0.29) is 11.5 Å². The fourth-order valence-electron chi connectivity index (χ4n) is 2.39. The molecule has 0 saturated carbocycles. The van der Waals surface area contributed by atoms with Gasteiger partial charge in [0, 0.05) is 6.08 Å². The summed E-state index contributed by atoms with van der Waals surface area (Å²) in [6.07, 6.45) is 5.06. The van der Waals surface area contributed by atoms with Crippen LogP contribution in [0, 0.1) is 0 Å². The Labute approximate surface area is 159 Å². The summed E-state index contributed by atoms with van der Waals surface area (Å²) in [5.74, 6) is 0.305. The molecule has 2 aromatic carbocycles. The molecular formula is C21H24N2O4. The lowest BCUT2D eigenvalue weighted by Crippen LogP contribution is -2.16. The molecule has 6 heteroatoms. The van der Waals surface area contributed by atoms with Gasteiger partial charge in [-0.2, -0.15) is 0 Å². The van der Waals surface area contributed by atoms with E-state index in [0.717, 1.165) is 18.4 Å². The molecule has 0 aliphatic rings. The van der Waals surface area contributed by atoms with E-state index in [2.05, 4.69) is 12.2 Å². The predicted octanol–water partition coefficient (Wildman–Crippen LogP) is 3.62. The summed E-state index contributed by atoms with van der Waals surface area (Å²) in [5, 5.41) is 2.65. The van der Waals surface area contributed by atoms with E-state index < -0.39 is 5.91 Å². The molecule has 0 aliphatic carbocycles. The highest BCUT2D eigenvalue weighted by Crippen LogP contribution is 2.28. The maximum Gasteiger partial charge on any atom is 0.250 e. The summed E-state index contributed by atoms with van der Waals surface area (Å²) in [5.41, 5.74) is 6.73. The van der Waals surface area contributed by atoms with Crippen LogP contribution in [0.1, 0.15) is 35.7 Å². The number of anilines is 1. The van der Waals surface area contributed by atoms with Crippen molar-refractivity contribution >= 4 is 23.6 Å². The van der Waals surface area contributed by atoms with E-state index in [0.29, 0.717) is 23.8 Å². The summed E-state index contributed by atoms with van der Waals surface area (Å²) in [6.45, 7) is 2.73. The van der Waals surface area contributed by atoms with Crippen molar-refractivity contribution in [2.45, 2.75) is 19.8 Å². The Kier molecular flexibility index (Phi) is 7.43. The van der Waals surface area contributed by atoms with E-state index in [1.165, 1.54) is 6.08 Å². The first-order valence-electron chi connectivity index (χ1n) is 8.74. The minimum atomic E-state index is -0.599. The van der Waals surface area contributed by atoms with E-state index in [1.54, 1.807) is 43.5 Å². The molecule has 27 heavy (non-hydrogen) atoms. The molecule has 0 heterocycles. The summed E-state index contributed by atoms with van der Waals surface area (Å²) in [4.78, 5) is 23.6. The Morgan fingerprint density at radius 3 is 2.63 bits per heavy atom. The van der Waals surface area contributed by atoms with Gasteiger partial charge in [-0.05, 0) is 42.3 Å². The van der Waals surface area contributed by atoms with Crippen molar-refractivity contribution in [3.8, 4) is 11.5 Å². The Morgan fingerprint density at radius 1 is 1.15 bits per heavy atom. The third-order valence-corrected chi connectivity index (χ3v) is 3.82. The lowest BCUT2D eigenvalue weighted by molar-refractivity contribution is -0.111. The Bertz CT molecular complexity index is 831. The molecular weight excluding hydrogens is 344 g/mol. The second-order valence-electron chi connectivity index (χ2n) is 5.84. The zero-order valence-corrected chi connectivity index (χ0v) is 15.5. The number of amides is 2. The first-order chi connectivity index (χ1) is 13.0. The lowest BCUT2D eigenvalue weighted by atomic mass is 10.1. The highest BCUT2D eigenvalue weighted by Gasteiger charge is 2.09. The van der Waals surface area contributed by atoms with Gasteiger partial charge in [-0.25, -0.2) is 0 Å². The number of methoxy groups -OCH3 is 1. The number of hydrogen-bond donors (Lipinski definition) is 2. The van der Waals surface area contributed by atoms with Crippen LogP contribution in [-0.2, 0) is 4.79 Å². The normalized spacial score (nSPS) is 10.6. The Morgan fingerprint density at radius 2 is 1.93 bits per heavy atom. The lowest BCUT2D eigenvalue weighted by Gasteiger charge is -2.11. The molecule has 0 aromatic heterocycles. The van der Waals surface area contributed by atoms with Gasteiger partial charge in [0.15, 0.2) is 11.5 Å². The number of rotatable bonds is 9. The van der Waals surface area contributed by atoms with Gasteiger partial charge in [-0.1, -0.05) is 31.5 Å². The first kappa shape index (κ1) is 20.0. The molecule has 0 radical (unpaired) electrons. The predicted molar refractivity (Wildman–Crippen MR) is 106 cm³/mol. The summed E-state index contributed by atoms with van der Waals surface area (Å²) < 4.78 is 11.0.